The van der Waals surface area contributed by atoms with Gasteiger partial charge in [-0.15, -0.1) is 0 Å². The molecule has 2 aromatic carbocycles. The Morgan fingerprint density at radius 3 is 2.48 bits per heavy atom. The average Bonchev–Trinajstić information content (AvgIpc) is 2.99. The molecular formula is C25H25NO5. The Bertz CT molecular complexity index is 1090. The van der Waals surface area contributed by atoms with Gasteiger partial charge in [-0.3, -0.25) is 14.5 Å². The summed E-state index contributed by atoms with van der Waals surface area (Å²) in [5, 5.41) is 10.00. The van der Waals surface area contributed by atoms with E-state index in [1.165, 1.54) is 4.90 Å². The minimum absolute atomic E-state index is 0.103. The van der Waals surface area contributed by atoms with E-state index in [0.29, 0.717) is 18.0 Å². The van der Waals surface area contributed by atoms with Crippen molar-refractivity contribution in [3.8, 4) is 11.5 Å². The Balaban J connectivity index is 1.70. The van der Waals surface area contributed by atoms with Crippen molar-refractivity contribution in [2.45, 2.75) is 25.4 Å². The second-order valence-corrected chi connectivity index (χ2v) is 8.95. The molecule has 31 heavy (non-hydrogen) atoms. The number of methoxy groups -OCH3 is 1. The average molecular weight is 419 g/mol. The first-order valence-corrected chi connectivity index (χ1v) is 10.5. The predicted molar refractivity (Wildman–Crippen MR) is 115 cm³/mol. The number of nitrogens with zero attached hydrogens (tertiary/aromatic N) is 1. The molecule has 1 saturated heterocycles. The number of para-hydroxylation sites is 1. The molecule has 0 bridgehead atoms. The molecule has 0 aromatic heterocycles. The highest BCUT2D eigenvalue weighted by molar-refractivity contribution is 6.22. The number of imide groups is 1. The van der Waals surface area contributed by atoms with Gasteiger partial charge in [-0.25, -0.2) is 0 Å². The molecule has 4 atom stereocenters. The summed E-state index contributed by atoms with van der Waals surface area (Å²) in [6.07, 6.45) is 2.07. The van der Waals surface area contributed by atoms with Gasteiger partial charge in [0.1, 0.15) is 17.1 Å². The molecular weight excluding hydrogens is 394 g/mol. The third-order valence-electron chi connectivity index (χ3n) is 6.71. The van der Waals surface area contributed by atoms with Gasteiger partial charge in [-0.05, 0) is 37.6 Å². The van der Waals surface area contributed by atoms with Crippen LogP contribution in [0.15, 0.2) is 60.2 Å². The third kappa shape index (κ3) is 2.89. The summed E-state index contributed by atoms with van der Waals surface area (Å²) >= 11 is 0. The highest BCUT2D eigenvalue weighted by atomic mass is 16.5. The molecule has 1 N–H and O–H groups in total. The number of benzene rings is 2. The van der Waals surface area contributed by atoms with Gasteiger partial charge < -0.3 is 14.6 Å². The molecule has 6 nitrogen and oxygen atoms in total. The summed E-state index contributed by atoms with van der Waals surface area (Å²) in [7, 11) is 1.61. The maximum Gasteiger partial charge on any atom is 0.238 e. The molecule has 6 heteroatoms. The van der Waals surface area contributed by atoms with E-state index in [0.717, 1.165) is 11.1 Å². The van der Waals surface area contributed by atoms with E-state index in [2.05, 4.69) is 6.08 Å². The number of rotatable bonds is 3. The minimum Gasteiger partial charge on any atom is -0.508 e. The molecule has 0 spiro atoms. The molecule has 160 valence electrons. The quantitative estimate of drug-likeness (QED) is 0.607. The Hall–Kier alpha value is -3.12. The second kappa shape index (κ2) is 6.95. The van der Waals surface area contributed by atoms with Crippen molar-refractivity contribution in [1.29, 1.82) is 0 Å². The summed E-state index contributed by atoms with van der Waals surface area (Å²) in [5.74, 6) is -1.34. The topological polar surface area (TPSA) is 76.1 Å². The smallest absolute Gasteiger partial charge is 0.238 e. The minimum atomic E-state index is -0.689. The highest BCUT2D eigenvalue weighted by Gasteiger charge is 2.60. The third-order valence-corrected chi connectivity index (χ3v) is 6.71. The van der Waals surface area contributed by atoms with E-state index >= 15 is 0 Å². The van der Waals surface area contributed by atoms with Crippen LogP contribution in [0, 0.1) is 17.8 Å². The molecule has 2 aliphatic heterocycles. The summed E-state index contributed by atoms with van der Waals surface area (Å²) in [5.41, 5.74) is 1.70. The van der Waals surface area contributed by atoms with E-state index in [1.807, 2.05) is 32.0 Å². The SMILES string of the molecule is COC[C@@H]1C=C2[C@H](c3ccc(O)cc3OC2(C)C)[C@@H]2C(=O)N(c3ccccc3)C(=O)[C@@H]21. The number of anilines is 1. The lowest BCUT2D eigenvalue weighted by Gasteiger charge is -2.46. The number of hydrogen-bond acceptors (Lipinski definition) is 5. The lowest BCUT2D eigenvalue weighted by atomic mass is 9.62. The molecule has 3 aliphatic rings. The number of hydrogen-bond donors (Lipinski definition) is 1. The maximum atomic E-state index is 13.8. The molecule has 1 fully saturated rings. The largest absolute Gasteiger partial charge is 0.508 e. The predicted octanol–water partition coefficient (Wildman–Crippen LogP) is 3.66. The Morgan fingerprint density at radius 2 is 1.77 bits per heavy atom. The lowest BCUT2D eigenvalue weighted by Crippen LogP contribution is -2.46. The Morgan fingerprint density at radius 1 is 1.06 bits per heavy atom. The second-order valence-electron chi connectivity index (χ2n) is 8.95. The van der Waals surface area contributed by atoms with E-state index < -0.39 is 17.4 Å². The molecule has 0 unspecified atom stereocenters. The maximum absolute atomic E-state index is 13.8. The van der Waals surface area contributed by atoms with E-state index in [1.54, 1.807) is 37.4 Å². The number of ether oxygens (including phenoxy) is 2. The zero-order valence-corrected chi connectivity index (χ0v) is 17.7. The summed E-state index contributed by atoms with van der Waals surface area (Å²) < 4.78 is 11.7. The van der Waals surface area contributed by atoms with Gasteiger partial charge in [-0.1, -0.05) is 30.3 Å². The first-order chi connectivity index (χ1) is 14.8. The molecule has 2 amide bonds. The zero-order valence-electron chi connectivity index (χ0n) is 17.7. The van der Waals surface area contributed by atoms with Crippen molar-refractivity contribution in [1.82, 2.24) is 0 Å². The number of phenolic OH excluding ortho intramolecular Hbond substituents is 1. The van der Waals surface area contributed by atoms with Gasteiger partial charge in [0.05, 0.1) is 24.1 Å². The normalized spacial score (nSPS) is 28.4. The van der Waals surface area contributed by atoms with Crippen molar-refractivity contribution in [2.75, 3.05) is 18.6 Å². The Kier molecular flexibility index (Phi) is 4.45. The van der Waals surface area contributed by atoms with Crippen LogP contribution in [0.5, 0.6) is 11.5 Å². The molecule has 0 radical (unpaired) electrons. The first-order valence-electron chi connectivity index (χ1n) is 10.5. The fourth-order valence-corrected chi connectivity index (χ4v) is 5.46. The fraction of sp³-hybridized carbons (Fsp3) is 0.360. The number of phenols is 1. The summed E-state index contributed by atoms with van der Waals surface area (Å²) in [4.78, 5) is 28.7. The molecule has 2 aromatic rings. The fourth-order valence-electron chi connectivity index (χ4n) is 5.46. The standard InChI is InChI=1S/C25H25NO5/c1-25(2)18-11-14(13-30-3)20-22(21(18)17-10-9-16(27)12-19(17)31-25)24(29)26(23(20)28)15-7-5-4-6-8-15/h4-12,14,20-22,27H,13H2,1-3H3/t14-,20+,21-,22+/m0/s1. The first kappa shape index (κ1) is 19.8. The number of fused-ring (bicyclic) bond motifs is 5. The highest BCUT2D eigenvalue weighted by Crippen LogP contribution is 2.57. The van der Waals surface area contributed by atoms with Crippen LogP contribution in [-0.4, -0.2) is 36.2 Å². The summed E-state index contributed by atoms with van der Waals surface area (Å²) in [6.45, 7) is 4.26. The van der Waals surface area contributed by atoms with Gasteiger partial charge in [-0.2, -0.15) is 0 Å². The number of amides is 2. The van der Waals surface area contributed by atoms with Crippen molar-refractivity contribution in [3.63, 3.8) is 0 Å². The van der Waals surface area contributed by atoms with Crippen LogP contribution >= 0.6 is 0 Å². The van der Waals surface area contributed by atoms with E-state index in [-0.39, 0.29) is 29.4 Å². The van der Waals surface area contributed by atoms with Crippen LogP contribution in [-0.2, 0) is 14.3 Å². The van der Waals surface area contributed by atoms with Gasteiger partial charge in [0, 0.05) is 30.6 Å². The number of carbonyl (C=O) groups is 2. The number of carbonyl (C=O) groups excluding carboxylic acids is 2. The van der Waals surface area contributed by atoms with Crippen LogP contribution in [0.2, 0.25) is 0 Å². The lowest BCUT2D eigenvalue weighted by molar-refractivity contribution is -0.123. The number of aromatic hydroxyl groups is 1. The molecule has 2 heterocycles. The Labute approximate surface area is 181 Å². The van der Waals surface area contributed by atoms with Crippen LogP contribution in [0.25, 0.3) is 0 Å². The van der Waals surface area contributed by atoms with Crippen molar-refractivity contribution >= 4 is 17.5 Å². The molecule has 0 saturated carbocycles. The molecule has 1 aliphatic carbocycles. The van der Waals surface area contributed by atoms with Gasteiger partial charge in [0.15, 0.2) is 0 Å². The van der Waals surface area contributed by atoms with E-state index in [9.17, 15) is 14.7 Å². The van der Waals surface area contributed by atoms with Crippen molar-refractivity contribution in [3.05, 3.63) is 65.7 Å². The zero-order chi connectivity index (χ0) is 21.9. The van der Waals surface area contributed by atoms with Gasteiger partial charge in [0.2, 0.25) is 11.8 Å². The van der Waals surface area contributed by atoms with Crippen LogP contribution < -0.4 is 9.64 Å². The summed E-state index contributed by atoms with van der Waals surface area (Å²) in [6, 6.07) is 14.1. The monoisotopic (exact) mass is 419 g/mol. The van der Waals surface area contributed by atoms with E-state index in [4.69, 9.17) is 9.47 Å². The van der Waals surface area contributed by atoms with Crippen LogP contribution in [0.3, 0.4) is 0 Å². The van der Waals surface area contributed by atoms with Gasteiger partial charge >= 0.3 is 0 Å². The van der Waals surface area contributed by atoms with Crippen LogP contribution in [0.1, 0.15) is 25.3 Å². The molecule has 5 rings (SSSR count). The van der Waals surface area contributed by atoms with Gasteiger partial charge in [0.25, 0.3) is 0 Å². The van der Waals surface area contributed by atoms with Crippen molar-refractivity contribution < 1.29 is 24.2 Å². The van der Waals surface area contributed by atoms with Crippen LogP contribution in [0.4, 0.5) is 5.69 Å². The van der Waals surface area contributed by atoms with Crippen molar-refractivity contribution in [2.24, 2.45) is 17.8 Å².